The fourth-order valence-electron chi connectivity index (χ4n) is 2.93. The van der Waals surface area contributed by atoms with Crippen LogP contribution >= 0.6 is 23.2 Å². The van der Waals surface area contributed by atoms with E-state index in [2.05, 4.69) is 10.6 Å². The fraction of sp³-hybridized carbons (Fsp3) is 0.318. The van der Waals surface area contributed by atoms with Gasteiger partial charge in [-0.25, -0.2) is 0 Å². The molecule has 3 amide bonds. The molecule has 1 aliphatic rings. The first-order valence-electron chi connectivity index (χ1n) is 9.80. The Morgan fingerprint density at radius 1 is 1.03 bits per heavy atom. The number of benzene rings is 2. The van der Waals surface area contributed by atoms with Gasteiger partial charge in [-0.2, -0.15) is 0 Å². The number of ether oxygens (including phenoxy) is 1. The molecule has 1 fully saturated rings. The molecule has 1 aliphatic carbocycles. The third-order valence-electron chi connectivity index (χ3n) is 4.78. The van der Waals surface area contributed by atoms with Crippen LogP contribution in [0, 0.1) is 5.92 Å². The van der Waals surface area contributed by atoms with Crippen molar-refractivity contribution in [1.82, 2.24) is 10.2 Å². The predicted molar refractivity (Wildman–Crippen MR) is 120 cm³/mol. The topological polar surface area (TPSA) is 87.7 Å². The maximum Gasteiger partial charge on any atom is 0.254 e. The number of halogens is 2. The van der Waals surface area contributed by atoms with Crippen molar-refractivity contribution in [2.75, 3.05) is 32.1 Å². The van der Waals surface area contributed by atoms with E-state index in [1.54, 1.807) is 43.5 Å². The molecule has 0 bridgehead atoms. The van der Waals surface area contributed by atoms with Gasteiger partial charge >= 0.3 is 0 Å². The molecule has 3 rings (SSSR count). The van der Waals surface area contributed by atoms with Gasteiger partial charge < -0.3 is 20.3 Å². The molecular formula is C22H23Cl2N3O4. The Labute approximate surface area is 190 Å². The number of amides is 3. The first-order chi connectivity index (χ1) is 14.9. The molecule has 0 spiro atoms. The number of hydrogen-bond donors (Lipinski definition) is 2. The maximum atomic E-state index is 12.9. The lowest BCUT2D eigenvalue weighted by atomic mass is 10.2. The van der Waals surface area contributed by atoms with Crippen molar-refractivity contribution in [3.05, 3.63) is 58.1 Å². The lowest BCUT2D eigenvalue weighted by Crippen LogP contribution is -2.43. The smallest absolute Gasteiger partial charge is 0.254 e. The summed E-state index contributed by atoms with van der Waals surface area (Å²) in [5.41, 5.74) is 0.949. The number of rotatable bonds is 9. The summed E-state index contributed by atoms with van der Waals surface area (Å²) in [6.45, 7) is 0.124. The Morgan fingerprint density at radius 3 is 2.35 bits per heavy atom. The monoisotopic (exact) mass is 463 g/mol. The first kappa shape index (κ1) is 22.9. The summed E-state index contributed by atoms with van der Waals surface area (Å²) in [5.74, 6) is -0.0306. The van der Waals surface area contributed by atoms with E-state index in [-0.39, 0.29) is 29.9 Å². The molecule has 1 saturated carbocycles. The van der Waals surface area contributed by atoms with Crippen LogP contribution < -0.4 is 15.4 Å². The van der Waals surface area contributed by atoms with Gasteiger partial charge in [0.2, 0.25) is 11.8 Å². The molecule has 164 valence electrons. The minimum Gasteiger partial charge on any atom is -0.497 e. The van der Waals surface area contributed by atoms with Gasteiger partial charge in [0.05, 0.1) is 30.2 Å². The van der Waals surface area contributed by atoms with Crippen molar-refractivity contribution in [2.45, 2.75) is 12.8 Å². The van der Waals surface area contributed by atoms with Crippen molar-refractivity contribution in [3.8, 4) is 5.75 Å². The number of anilines is 1. The number of nitrogens with zero attached hydrogens (tertiary/aromatic N) is 1. The standard InChI is InChI=1S/C22H23Cl2N3O4/c1-31-17-7-5-16(6-8-17)26-20(28)11-25-21(29)13-27(12-14-2-3-14)22(30)15-4-9-18(23)19(24)10-15/h4-10,14H,2-3,11-13H2,1H3,(H,25,29)(H,26,28). The molecule has 0 aliphatic heterocycles. The summed E-state index contributed by atoms with van der Waals surface area (Å²) < 4.78 is 5.07. The van der Waals surface area contributed by atoms with Gasteiger partial charge in [-0.15, -0.1) is 0 Å². The molecule has 0 radical (unpaired) electrons. The largest absolute Gasteiger partial charge is 0.497 e. The summed E-state index contributed by atoms with van der Waals surface area (Å²) in [6, 6.07) is 11.5. The molecule has 2 aromatic rings. The molecule has 0 aromatic heterocycles. The van der Waals surface area contributed by atoms with Gasteiger partial charge in [-0.1, -0.05) is 23.2 Å². The Hall–Kier alpha value is -2.77. The highest BCUT2D eigenvalue weighted by molar-refractivity contribution is 6.42. The Balaban J connectivity index is 1.54. The predicted octanol–water partition coefficient (Wildman–Crippen LogP) is 3.61. The van der Waals surface area contributed by atoms with Crippen LogP contribution in [0.5, 0.6) is 5.75 Å². The zero-order chi connectivity index (χ0) is 22.4. The minimum absolute atomic E-state index is 0.147. The van der Waals surface area contributed by atoms with E-state index < -0.39 is 5.91 Å². The average molecular weight is 464 g/mol. The molecule has 0 atom stereocenters. The van der Waals surface area contributed by atoms with Crippen LogP contribution in [0.3, 0.4) is 0 Å². The highest BCUT2D eigenvalue weighted by atomic mass is 35.5. The summed E-state index contributed by atoms with van der Waals surface area (Å²) in [4.78, 5) is 38.9. The second kappa shape index (κ2) is 10.5. The molecule has 9 heteroatoms. The fourth-order valence-corrected chi connectivity index (χ4v) is 3.23. The summed E-state index contributed by atoms with van der Waals surface area (Å²) >= 11 is 11.9. The Bertz CT molecular complexity index is 962. The van der Waals surface area contributed by atoms with Gasteiger partial charge in [0, 0.05) is 17.8 Å². The maximum absolute atomic E-state index is 12.9. The highest BCUT2D eigenvalue weighted by Gasteiger charge is 2.28. The van der Waals surface area contributed by atoms with Crippen LogP contribution in [-0.2, 0) is 9.59 Å². The van der Waals surface area contributed by atoms with Crippen molar-refractivity contribution in [1.29, 1.82) is 0 Å². The summed E-state index contributed by atoms with van der Waals surface area (Å²) in [5, 5.41) is 5.88. The zero-order valence-electron chi connectivity index (χ0n) is 17.0. The Morgan fingerprint density at radius 2 is 1.74 bits per heavy atom. The van der Waals surface area contributed by atoms with E-state index >= 15 is 0 Å². The van der Waals surface area contributed by atoms with Gasteiger partial charge in [0.25, 0.3) is 5.91 Å². The summed E-state index contributed by atoms with van der Waals surface area (Å²) in [7, 11) is 1.56. The molecule has 0 saturated heterocycles. The number of methoxy groups -OCH3 is 1. The van der Waals surface area contributed by atoms with E-state index in [1.165, 1.54) is 11.0 Å². The number of nitrogens with one attached hydrogen (secondary N) is 2. The summed E-state index contributed by atoms with van der Waals surface area (Å²) in [6.07, 6.45) is 2.05. The zero-order valence-corrected chi connectivity index (χ0v) is 18.5. The lowest BCUT2D eigenvalue weighted by molar-refractivity contribution is -0.124. The van der Waals surface area contributed by atoms with E-state index in [9.17, 15) is 14.4 Å². The number of carbonyl (C=O) groups excluding carboxylic acids is 3. The van der Waals surface area contributed by atoms with Crippen LogP contribution in [-0.4, -0.2) is 49.4 Å². The number of hydrogen-bond acceptors (Lipinski definition) is 4. The third kappa shape index (κ3) is 6.87. The van der Waals surface area contributed by atoms with Gasteiger partial charge in [-0.3, -0.25) is 14.4 Å². The van der Waals surface area contributed by atoms with Crippen LogP contribution in [0.2, 0.25) is 10.0 Å². The van der Waals surface area contributed by atoms with Crippen molar-refractivity contribution in [3.63, 3.8) is 0 Å². The van der Waals surface area contributed by atoms with Crippen LogP contribution in [0.1, 0.15) is 23.2 Å². The van der Waals surface area contributed by atoms with E-state index in [0.29, 0.717) is 34.5 Å². The Kier molecular flexibility index (Phi) is 7.76. The number of carbonyl (C=O) groups is 3. The van der Waals surface area contributed by atoms with Crippen molar-refractivity contribution >= 4 is 46.6 Å². The molecule has 31 heavy (non-hydrogen) atoms. The molecule has 2 N–H and O–H groups in total. The second-order valence-electron chi connectivity index (χ2n) is 7.31. The van der Waals surface area contributed by atoms with Crippen LogP contribution in [0.25, 0.3) is 0 Å². The van der Waals surface area contributed by atoms with Gasteiger partial charge in [0.15, 0.2) is 0 Å². The van der Waals surface area contributed by atoms with Crippen molar-refractivity contribution < 1.29 is 19.1 Å². The minimum atomic E-state index is -0.418. The van der Waals surface area contributed by atoms with Crippen LogP contribution in [0.15, 0.2) is 42.5 Å². The molecule has 0 unspecified atom stereocenters. The van der Waals surface area contributed by atoms with Gasteiger partial charge in [0.1, 0.15) is 5.75 Å². The SMILES string of the molecule is COc1ccc(NC(=O)CNC(=O)CN(CC2CC2)C(=O)c2ccc(Cl)c(Cl)c2)cc1. The average Bonchev–Trinajstić information content (AvgIpc) is 3.58. The lowest BCUT2D eigenvalue weighted by Gasteiger charge is -2.22. The van der Waals surface area contributed by atoms with E-state index in [1.807, 2.05) is 0 Å². The molecular weight excluding hydrogens is 441 g/mol. The van der Waals surface area contributed by atoms with Crippen molar-refractivity contribution in [2.24, 2.45) is 5.92 Å². The quantitative estimate of drug-likeness (QED) is 0.594. The second-order valence-corrected chi connectivity index (χ2v) is 8.13. The van der Waals surface area contributed by atoms with E-state index in [4.69, 9.17) is 27.9 Å². The highest BCUT2D eigenvalue weighted by Crippen LogP contribution is 2.30. The van der Waals surface area contributed by atoms with E-state index in [0.717, 1.165) is 12.8 Å². The normalized spacial score (nSPS) is 12.7. The molecule has 0 heterocycles. The van der Waals surface area contributed by atoms with Gasteiger partial charge in [-0.05, 0) is 61.2 Å². The first-order valence-corrected chi connectivity index (χ1v) is 10.6. The van der Waals surface area contributed by atoms with Crippen LogP contribution in [0.4, 0.5) is 5.69 Å². The molecule has 2 aromatic carbocycles. The third-order valence-corrected chi connectivity index (χ3v) is 5.52. The molecule has 7 nitrogen and oxygen atoms in total.